The van der Waals surface area contributed by atoms with Gasteiger partial charge in [-0.2, -0.15) is 0 Å². The number of urea groups is 1. The highest BCUT2D eigenvalue weighted by atomic mass is 35.5. The van der Waals surface area contributed by atoms with Gasteiger partial charge in [0.2, 0.25) is 0 Å². The Balaban J connectivity index is 1.53. The topological polar surface area (TPSA) is 105 Å². The number of benzene rings is 1. The molecule has 1 heterocycles. The maximum Gasteiger partial charge on any atom is 0.326 e. The number of rotatable bonds is 6. The minimum absolute atomic E-state index is 0.112. The maximum absolute atomic E-state index is 13.1. The Labute approximate surface area is 203 Å². The van der Waals surface area contributed by atoms with Gasteiger partial charge in [-0.05, 0) is 55.2 Å². The Morgan fingerprint density at radius 2 is 1.97 bits per heavy atom. The smallest absolute Gasteiger partial charge is 0.326 e. The number of halogens is 2. The van der Waals surface area contributed by atoms with Crippen LogP contribution in [0.25, 0.3) is 0 Å². The van der Waals surface area contributed by atoms with E-state index in [4.69, 9.17) is 27.9 Å². The molecule has 3 unspecified atom stereocenters. The van der Waals surface area contributed by atoms with Crippen molar-refractivity contribution < 1.29 is 23.9 Å². The maximum atomic E-state index is 13.1. The molecule has 1 aromatic rings. The largest absolute Gasteiger partial charge is 0.454 e. The lowest BCUT2D eigenvalue weighted by molar-refractivity contribution is -0.151. The third-order valence-electron chi connectivity index (χ3n) is 6.08. The lowest BCUT2D eigenvalue weighted by Gasteiger charge is -2.43. The predicted molar refractivity (Wildman–Crippen MR) is 124 cm³/mol. The average molecular weight is 498 g/mol. The number of carbonyl (C=O) groups is 4. The molecule has 4 amide bonds. The molecule has 1 aliphatic heterocycles. The minimum Gasteiger partial charge on any atom is -0.454 e. The first-order chi connectivity index (χ1) is 15.3. The quantitative estimate of drug-likeness (QED) is 0.458. The summed E-state index contributed by atoms with van der Waals surface area (Å²) >= 11 is 12.0. The average Bonchev–Trinajstić information content (AvgIpc) is 2.87. The van der Waals surface area contributed by atoms with Crippen LogP contribution < -0.4 is 10.6 Å². The monoisotopic (exact) mass is 497 g/mol. The van der Waals surface area contributed by atoms with Crippen molar-refractivity contribution in [3.8, 4) is 0 Å². The first-order valence-corrected chi connectivity index (χ1v) is 11.6. The van der Waals surface area contributed by atoms with Crippen molar-refractivity contribution in [2.75, 3.05) is 13.2 Å². The molecule has 8 nitrogen and oxygen atoms in total. The summed E-state index contributed by atoms with van der Waals surface area (Å²) in [6.45, 7) is 6.82. The highest BCUT2D eigenvalue weighted by Gasteiger charge is 2.56. The van der Waals surface area contributed by atoms with Gasteiger partial charge in [0.1, 0.15) is 12.1 Å². The number of amides is 4. The molecule has 0 radical (unpaired) electrons. The summed E-state index contributed by atoms with van der Waals surface area (Å²) in [6.07, 6.45) is 1.99. The van der Waals surface area contributed by atoms with Gasteiger partial charge in [0.15, 0.2) is 6.61 Å². The highest BCUT2D eigenvalue weighted by molar-refractivity contribution is 6.35. The number of imide groups is 1. The fourth-order valence-corrected chi connectivity index (χ4v) is 5.76. The van der Waals surface area contributed by atoms with E-state index in [0.29, 0.717) is 28.5 Å². The fraction of sp³-hybridized carbons (Fsp3) is 0.565. The molecule has 10 heteroatoms. The number of hydrogen-bond acceptors (Lipinski definition) is 5. The predicted octanol–water partition coefficient (Wildman–Crippen LogP) is 3.85. The molecule has 1 aromatic carbocycles. The van der Waals surface area contributed by atoms with E-state index in [2.05, 4.69) is 31.4 Å². The number of nitrogens with zero attached hydrogens (tertiary/aromatic N) is 1. The summed E-state index contributed by atoms with van der Waals surface area (Å²) in [5.74, 6) is -1.55. The second-order valence-corrected chi connectivity index (χ2v) is 10.7. The molecule has 0 bridgehead atoms. The van der Waals surface area contributed by atoms with Crippen molar-refractivity contribution in [1.82, 2.24) is 15.5 Å². The van der Waals surface area contributed by atoms with Crippen molar-refractivity contribution in [2.45, 2.75) is 58.5 Å². The Morgan fingerprint density at radius 1 is 1.27 bits per heavy atom. The van der Waals surface area contributed by atoms with Gasteiger partial charge < -0.3 is 15.4 Å². The normalized spacial score (nSPS) is 25.0. The SMILES string of the molecule is CC1CC(C)(C)CC2(C1)NC(=O)N(CC(=O)OCC(=O)NC(C)c1ccc(Cl)cc1Cl)C2=O. The molecule has 3 atom stereocenters. The fourth-order valence-electron chi connectivity index (χ4n) is 5.18. The van der Waals surface area contributed by atoms with E-state index < -0.39 is 48.5 Å². The van der Waals surface area contributed by atoms with Crippen LogP contribution in [0.5, 0.6) is 0 Å². The van der Waals surface area contributed by atoms with Gasteiger partial charge in [0.05, 0.1) is 6.04 Å². The molecule has 1 saturated heterocycles. The number of nitrogens with one attached hydrogen (secondary N) is 2. The first-order valence-electron chi connectivity index (χ1n) is 10.9. The zero-order valence-electron chi connectivity index (χ0n) is 19.2. The summed E-state index contributed by atoms with van der Waals surface area (Å²) in [5, 5.41) is 6.37. The second-order valence-electron chi connectivity index (χ2n) is 9.87. The van der Waals surface area contributed by atoms with Crippen LogP contribution in [-0.4, -0.2) is 47.4 Å². The van der Waals surface area contributed by atoms with E-state index in [-0.39, 0.29) is 11.3 Å². The van der Waals surface area contributed by atoms with Gasteiger partial charge >= 0.3 is 12.0 Å². The van der Waals surface area contributed by atoms with Crippen molar-refractivity contribution in [3.05, 3.63) is 33.8 Å². The summed E-state index contributed by atoms with van der Waals surface area (Å²) in [5.41, 5.74) is -0.447. The molecule has 0 aromatic heterocycles. The molecule has 180 valence electrons. The minimum atomic E-state index is -0.997. The van der Waals surface area contributed by atoms with Gasteiger partial charge in [-0.1, -0.05) is 50.0 Å². The standard InChI is InChI=1S/C23H29Cl2N3O5/c1-13-8-22(3,4)12-23(9-13)20(31)28(21(32)27-23)10-19(30)33-11-18(29)26-14(2)16-6-5-15(24)7-17(16)25/h5-7,13-14H,8-12H2,1-4H3,(H,26,29)(H,27,32). The molecule has 1 spiro atoms. The first kappa shape index (κ1) is 25.3. The third kappa shape index (κ3) is 5.79. The number of hydrogen-bond donors (Lipinski definition) is 2. The Hall–Kier alpha value is -2.32. The van der Waals surface area contributed by atoms with Crippen LogP contribution in [0.15, 0.2) is 18.2 Å². The van der Waals surface area contributed by atoms with Crippen LogP contribution >= 0.6 is 23.2 Å². The van der Waals surface area contributed by atoms with Crippen LogP contribution in [0, 0.1) is 11.3 Å². The van der Waals surface area contributed by atoms with E-state index in [1.807, 2.05) is 0 Å². The van der Waals surface area contributed by atoms with E-state index in [1.165, 1.54) is 0 Å². The summed E-state index contributed by atoms with van der Waals surface area (Å²) < 4.78 is 5.01. The molecule has 33 heavy (non-hydrogen) atoms. The van der Waals surface area contributed by atoms with E-state index in [9.17, 15) is 19.2 Å². The van der Waals surface area contributed by atoms with Crippen LogP contribution in [0.2, 0.25) is 10.0 Å². The number of esters is 1. The molecule has 2 fully saturated rings. The van der Waals surface area contributed by atoms with Crippen LogP contribution in [0.1, 0.15) is 58.6 Å². The Kier molecular flexibility index (Phi) is 7.29. The Morgan fingerprint density at radius 3 is 2.61 bits per heavy atom. The molecule has 2 N–H and O–H groups in total. The van der Waals surface area contributed by atoms with E-state index >= 15 is 0 Å². The van der Waals surface area contributed by atoms with Crippen LogP contribution in [0.3, 0.4) is 0 Å². The zero-order valence-corrected chi connectivity index (χ0v) is 20.7. The summed E-state index contributed by atoms with van der Waals surface area (Å²) in [6, 6.07) is 3.87. The van der Waals surface area contributed by atoms with Gasteiger partial charge in [-0.15, -0.1) is 0 Å². The van der Waals surface area contributed by atoms with Crippen LogP contribution in [-0.2, 0) is 19.1 Å². The third-order valence-corrected chi connectivity index (χ3v) is 6.64. The molecule has 2 aliphatic rings. The second kappa shape index (κ2) is 9.50. The number of carbonyl (C=O) groups excluding carboxylic acids is 4. The summed E-state index contributed by atoms with van der Waals surface area (Å²) in [7, 11) is 0. The van der Waals surface area contributed by atoms with Crippen LogP contribution in [0.4, 0.5) is 4.79 Å². The van der Waals surface area contributed by atoms with E-state index in [1.54, 1.807) is 25.1 Å². The van der Waals surface area contributed by atoms with Gasteiger partial charge in [0.25, 0.3) is 11.8 Å². The molecule has 1 aliphatic carbocycles. The van der Waals surface area contributed by atoms with Crippen molar-refractivity contribution in [3.63, 3.8) is 0 Å². The van der Waals surface area contributed by atoms with Crippen molar-refractivity contribution in [1.29, 1.82) is 0 Å². The highest BCUT2D eigenvalue weighted by Crippen LogP contribution is 2.46. The van der Waals surface area contributed by atoms with Gasteiger partial charge in [-0.3, -0.25) is 19.3 Å². The van der Waals surface area contributed by atoms with Gasteiger partial charge in [-0.25, -0.2) is 4.79 Å². The zero-order chi connectivity index (χ0) is 24.6. The van der Waals surface area contributed by atoms with Crippen molar-refractivity contribution >= 4 is 47.0 Å². The number of ether oxygens (including phenoxy) is 1. The lowest BCUT2D eigenvalue weighted by atomic mass is 9.64. The van der Waals surface area contributed by atoms with E-state index in [0.717, 1.165) is 11.3 Å². The molecule has 3 rings (SSSR count). The molecule has 1 saturated carbocycles. The summed E-state index contributed by atoms with van der Waals surface area (Å²) in [4.78, 5) is 51.0. The molecular weight excluding hydrogens is 469 g/mol. The van der Waals surface area contributed by atoms with Crippen molar-refractivity contribution in [2.24, 2.45) is 11.3 Å². The lowest BCUT2D eigenvalue weighted by Crippen LogP contribution is -2.54. The van der Waals surface area contributed by atoms with Gasteiger partial charge in [0, 0.05) is 10.0 Å². The Bertz CT molecular complexity index is 983. The molecular formula is C23H29Cl2N3O5.